The van der Waals surface area contributed by atoms with Crippen molar-refractivity contribution in [2.75, 3.05) is 18.1 Å². The molecule has 1 aliphatic rings. The molecule has 3 aromatic carbocycles. The highest BCUT2D eigenvalue weighted by molar-refractivity contribution is 6.51. The normalized spacial score (nSPS) is 16.7. The lowest BCUT2D eigenvalue weighted by molar-refractivity contribution is -0.132. The zero-order valence-electron chi connectivity index (χ0n) is 21.6. The molecule has 1 heterocycles. The van der Waals surface area contributed by atoms with Crippen molar-refractivity contribution in [2.24, 2.45) is 0 Å². The van der Waals surface area contributed by atoms with Crippen molar-refractivity contribution in [2.45, 2.75) is 46.1 Å². The van der Waals surface area contributed by atoms with Crippen LogP contribution >= 0.6 is 0 Å². The number of amides is 1. The van der Waals surface area contributed by atoms with Crippen LogP contribution in [0.5, 0.6) is 11.5 Å². The van der Waals surface area contributed by atoms with Crippen LogP contribution in [0.1, 0.15) is 55.8 Å². The standard InChI is InChI=1S/C31H33NO5/c1-4-6-9-20-37-25-16-12-22(13-17-25)29(33)27-28(26-11-8-7-10-21(26)3)32(31(35)30(27)34)23-14-18-24(19-15-23)36-5-2/h7-8,10-19,28,33H,4-6,9,20H2,1-3H3/b29-27-. The molecule has 6 heteroatoms. The van der Waals surface area contributed by atoms with Crippen molar-refractivity contribution < 1.29 is 24.2 Å². The summed E-state index contributed by atoms with van der Waals surface area (Å²) in [6, 6.07) is 20.8. The number of aryl methyl sites for hydroxylation is 1. The van der Waals surface area contributed by atoms with E-state index < -0.39 is 17.7 Å². The first-order chi connectivity index (χ1) is 18.0. The second-order valence-electron chi connectivity index (χ2n) is 9.03. The molecule has 0 radical (unpaired) electrons. The zero-order valence-corrected chi connectivity index (χ0v) is 21.6. The average molecular weight is 500 g/mol. The van der Waals surface area contributed by atoms with Crippen molar-refractivity contribution in [3.8, 4) is 11.5 Å². The third-order valence-corrected chi connectivity index (χ3v) is 6.50. The van der Waals surface area contributed by atoms with Crippen LogP contribution in [0.15, 0.2) is 78.4 Å². The number of ether oxygens (including phenoxy) is 2. The fourth-order valence-corrected chi connectivity index (χ4v) is 4.56. The number of anilines is 1. The summed E-state index contributed by atoms with van der Waals surface area (Å²) >= 11 is 0. The number of ketones is 1. The minimum absolute atomic E-state index is 0.0600. The molecule has 0 aliphatic carbocycles. The number of carbonyl (C=O) groups excluding carboxylic acids is 2. The van der Waals surface area contributed by atoms with Gasteiger partial charge < -0.3 is 14.6 Å². The topological polar surface area (TPSA) is 76.1 Å². The monoisotopic (exact) mass is 499 g/mol. The van der Waals surface area contributed by atoms with Gasteiger partial charge in [0.25, 0.3) is 11.7 Å². The molecule has 4 rings (SSSR count). The van der Waals surface area contributed by atoms with Crippen molar-refractivity contribution in [1.82, 2.24) is 0 Å². The van der Waals surface area contributed by atoms with Crippen molar-refractivity contribution >= 4 is 23.1 Å². The molecule has 1 atom stereocenters. The highest BCUT2D eigenvalue weighted by atomic mass is 16.5. The Morgan fingerprint density at radius 2 is 1.51 bits per heavy atom. The fraction of sp³-hybridized carbons (Fsp3) is 0.290. The van der Waals surface area contributed by atoms with Crippen LogP contribution in [0.2, 0.25) is 0 Å². The Labute approximate surface area is 218 Å². The van der Waals surface area contributed by atoms with Gasteiger partial charge in [-0.1, -0.05) is 44.0 Å². The van der Waals surface area contributed by atoms with Crippen molar-refractivity contribution in [3.63, 3.8) is 0 Å². The number of nitrogens with zero attached hydrogens (tertiary/aromatic N) is 1. The van der Waals surface area contributed by atoms with E-state index in [1.807, 2.05) is 38.1 Å². The molecular weight excluding hydrogens is 466 g/mol. The highest BCUT2D eigenvalue weighted by Gasteiger charge is 2.47. The fourth-order valence-electron chi connectivity index (χ4n) is 4.56. The molecule has 37 heavy (non-hydrogen) atoms. The SMILES string of the molecule is CCCCCOc1ccc(/C(O)=C2/C(=O)C(=O)N(c3ccc(OCC)cc3)C2c2ccccc2C)cc1. The number of rotatable bonds is 10. The van der Waals surface area contributed by atoms with Crippen LogP contribution in [0.3, 0.4) is 0 Å². The van der Waals surface area contributed by atoms with Crippen molar-refractivity contribution in [1.29, 1.82) is 0 Å². The van der Waals surface area contributed by atoms with E-state index in [-0.39, 0.29) is 11.3 Å². The predicted octanol–water partition coefficient (Wildman–Crippen LogP) is 6.59. The summed E-state index contributed by atoms with van der Waals surface area (Å²) in [4.78, 5) is 28.2. The van der Waals surface area contributed by atoms with Gasteiger partial charge in [0.15, 0.2) is 0 Å². The average Bonchev–Trinajstić information content (AvgIpc) is 3.17. The van der Waals surface area contributed by atoms with Gasteiger partial charge in [0, 0.05) is 11.3 Å². The largest absolute Gasteiger partial charge is 0.507 e. The first-order valence-corrected chi connectivity index (χ1v) is 12.8. The molecule has 1 aliphatic heterocycles. The maximum absolute atomic E-state index is 13.4. The molecule has 1 amide bonds. The predicted molar refractivity (Wildman–Crippen MR) is 145 cm³/mol. The lowest BCUT2D eigenvalue weighted by atomic mass is 9.92. The number of aliphatic hydroxyl groups is 1. The van der Waals surface area contributed by atoms with Gasteiger partial charge in [-0.25, -0.2) is 0 Å². The lowest BCUT2D eigenvalue weighted by Gasteiger charge is -2.26. The third kappa shape index (κ3) is 5.53. The van der Waals surface area contributed by atoms with E-state index in [1.54, 1.807) is 48.5 Å². The molecule has 1 fully saturated rings. The molecule has 0 saturated carbocycles. The Bertz CT molecular complexity index is 1280. The van der Waals surface area contributed by atoms with Crippen molar-refractivity contribution in [3.05, 3.63) is 95.1 Å². The van der Waals surface area contributed by atoms with Crippen LogP contribution in [0, 0.1) is 6.92 Å². The smallest absolute Gasteiger partial charge is 0.300 e. The number of aliphatic hydroxyl groups excluding tert-OH is 1. The Hall–Kier alpha value is -4.06. The molecular formula is C31H33NO5. The maximum atomic E-state index is 13.4. The van der Waals surface area contributed by atoms with Gasteiger partial charge in [0.05, 0.1) is 24.8 Å². The number of hydrogen-bond acceptors (Lipinski definition) is 5. The Morgan fingerprint density at radius 1 is 0.865 bits per heavy atom. The van der Waals surface area contributed by atoms with E-state index in [9.17, 15) is 14.7 Å². The summed E-state index contributed by atoms with van der Waals surface area (Å²) in [7, 11) is 0. The molecule has 1 saturated heterocycles. The summed E-state index contributed by atoms with van der Waals surface area (Å²) in [6.45, 7) is 7.12. The molecule has 0 aromatic heterocycles. The second-order valence-corrected chi connectivity index (χ2v) is 9.03. The van der Waals surface area contributed by atoms with Crippen LogP contribution in [-0.4, -0.2) is 30.0 Å². The molecule has 6 nitrogen and oxygen atoms in total. The van der Waals surface area contributed by atoms with Gasteiger partial charge >= 0.3 is 0 Å². The van der Waals surface area contributed by atoms with Crippen LogP contribution < -0.4 is 14.4 Å². The highest BCUT2D eigenvalue weighted by Crippen LogP contribution is 2.43. The number of benzene rings is 3. The number of hydrogen-bond donors (Lipinski definition) is 1. The van der Waals surface area contributed by atoms with Gasteiger partial charge in [0.2, 0.25) is 0 Å². The lowest BCUT2D eigenvalue weighted by Crippen LogP contribution is -2.29. The van der Waals surface area contributed by atoms with E-state index in [4.69, 9.17) is 9.47 Å². The van der Waals surface area contributed by atoms with Crippen LogP contribution in [-0.2, 0) is 9.59 Å². The van der Waals surface area contributed by atoms with Gasteiger partial charge in [-0.15, -0.1) is 0 Å². The third-order valence-electron chi connectivity index (χ3n) is 6.50. The minimum Gasteiger partial charge on any atom is -0.507 e. The molecule has 1 N–H and O–H groups in total. The first kappa shape index (κ1) is 26.0. The number of carbonyl (C=O) groups is 2. The molecule has 0 spiro atoms. The summed E-state index contributed by atoms with van der Waals surface area (Å²) in [5, 5.41) is 11.4. The number of Topliss-reactive ketones (excluding diaryl/α,β-unsaturated/α-hetero) is 1. The number of unbranched alkanes of at least 4 members (excludes halogenated alkanes) is 2. The van der Waals surface area contributed by atoms with E-state index in [1.165, 1.54) is 4.90 Å². The van der Waals surface area contributed by atoms with Crippen LogP contribution in [0.4, 0.5) is 5.69 Å². The summed E-state index contributed by atoms with van der Waals surface area (Å²) in [5.74, 6) is -0.253. The van der Waals surface area contributed by atoms with E-state index in [0.717, 1.165) is 30.4 Å². The quantitative estimate of drug-likeness (QED) is 0.147. The molecule has 0 bridgehead atoms. The summed E-state index contributed by atoms with van der Waals surface area (Å²) < 4.78 is 11.3. The van der Waals surface area contributed by atoms with Gasteiger partial charge in [-0.2, -0.15) is 0 Å². The maximum Gasteiger partial charge on any atom is 0.300 e. The first-order valence-electron chi connectivity index (χ1n) is 12.8. The second kappa shape index (κ2) is 11.8. The van der Waals surface area contributed by atoms with E-state index in [2.05, 4.69) is 6.92 Å². The summed E-state index contributed by atoms with van der Waals surface area (Å²) in [6.07, 6.45) is 3.20. The minimum atomic E-state index is -0.774. The van der Waals surface area contributed by atoms with Gasteiger partial charge in [-0.3, -0.25) is 14.5 Å². The van der Waals surface area contributed by atoms with E-state index in [0.29, 0.717) is 36.0 Å². The molecule has 1 unspecified atom stereocenters. The zero-order chi connectivity index (χ0) is 26.4. The molecule has 192 valence electrons. The Kier molecular flexibility index (Phi) is 8.29. The van der Waals surface area contributed by atoms with E-state index >= 15 is 0 Å². The van der Waals surface area contributed by atoms with Gasteiger partial charge in [-0.05, 0) is 79.9 Å². The van der Waals surface area contributed by atoms with Gasteiger partial charge in [0.1, 0.15) is 17.3 Å². The van der Waals surface area contributed by atoms with Crippen LogP contribution in [0.25, 0.3) is 5.76 Å². The molecule has 3 aromatic rings. The Balaban J connectivity index is 1.75. The summed E-state index contributed by atoms with van der Waals surface area (Å²) in [5.41, 5.74) is 2.74. The Morgan fingerprint density at radius 3 is 2.16 bits per heavy atom.